The smallest absolute Gasteiger partial charge is 0.0847 e. The number of hydrogen-bond acceptors (Lipinski definition) is 2. The van der Waals surface area contributed by atoms with Gasteiger partial charge >= 0.3 is 0 Å². The number of halogens is 1. The van der Waals surface area contributed by atoms with Crippen molar-refractivity contribution in [2.45, 2.75) is 65.5 Å². The van der Waals surface area contributed by atoms with Gasteiger partial charge in [0.15, 0.2) is 0 Å². The summed E-state index contributed by atoms with van der Waals surface area (Å²) >= 11 is 6.42. The summed E-state index contributed by atoms with van der Waals surface area (Å²) in [6, 6.07) is 0. The van der Waals surface area contributed by atoms with Crippen molar-refractivity contribution >= 4 is 11.6 Å². The highest BCUT2D eigenvalue weighted by Crippen LogP contribution is 2.39. The largest absolute Gasteiger partial charge is 0.324 e. The second-order valence-electron chi connectivity index (χ2n) is 6.23. The van der Waals surface area contributed by atoms with E-state index in [4.69, 9.17) is 17.3 Å². The molecule has 19 heavy (non-hydrogen) atoms. The first kappa shape index (κ1) is 14.9. The Morgan fingerprint density at radius 2 is 2.16 bits per heavy atom. The standard InChI is InChI=1S/C15H26ClN3/c1-5-19-13(14(16)12(4)18-19)9-15(17)8-6-7-10(2)11(15)3/h10-11H,5-9,17H2,1-4H3. The monoisotopic (exact) mass is 283 g/mol. The van der Waals surface area contributed by atoms with Gasteiger partial charge < -0.3 is 5.73 Å². The first-order valence-electron chi connectivity index (χ1n) is 7.39. The van der Waals surface area contributed by atoms with Crippen molar-refractivity contribution in [2.24, 2.45) is 17.6 Å². The van der Waals surface area contributed by atoms with Gasteiger partial charge in [-0.25, -0.2) is 0 Å². The van der Waals surface area contributed by atoms with Crippen molar-refractivity contribution in [3.63, 3.8) is 0 Å². The lowest BCUT2D eigenvalue weighted by molar-refractivity contribution is 0.141. The zero-order chi connectivity index (χ0) is 14.2. The minimum Gasteiger partial charge on any atom is -0.324 e. The summed E-state index contributed by atoms with van der Waals surface area (Å²) in [7, 11) is 0. The van der Waals surface area contributed by atoms with Crippen molar-refractivity contribution in [3.05, 3.63) is 16.4 Å². The van der Waals surface area contributed by atoms with Gasteiger partial charge in [0.1, 0.15) is 0 Å². The SMILES string of the molecule is CCn1nc(C)c(Cl)c1CC1(N)CCCC(C)C1C. The fraction of sp³-hybridized carbons (Fsp3) is 0.800. The molecule has 0 saturated heterocycles. The lowest BCUT2D eigenvalue weighted by Crippen LogP contribution is -2.52. The number of aromatic nitrogens is 2. The maximum atomic E-state index is 6.73. The number of nitrogens with two attached hydrogens (primary N) is 1. The molecule has 0 amide bonds. The Labute approximate surface area is 121 Å². The topological polar surface area (TPSA) is 43.8 Å². The van der Waals surface area contributed by atoms with Crippen LogP contribution in [-0.2, 0) is 13.0 Å². The van der Waals surface area contributed by atoms with Crippen LogP contribution in [0.15, 0.2) is 0 Å². The van der Waals surface area contributed by atoms with Gasteiger partial charge in [0.25, 0.3) is 0 Å². The minimum atomic E-state index is -0.138. The number of aryl methyl sites for hydroxylation is 2. The third-order valence-electron chi connectivity index (χ3n) is 5.01. The molecule has 2 N–H and O–H groups in total. The Balaban J connectivity index is 2.29. The van der Waals surface area contributed by atoms with Crippen molar-refractivity contribution in [1.29, 1.82) is 0 Å². The number of hydrogen-bond donors (Lipinski definition) is 1. The Bertz CT molecular complexity index is 454. The highest BCUT2D eigenvalue weighted by atomic mass is 35.5. The van der Waals surface area contributed by atoms with E-state index in [-0.39, 0.29) is 5.54 Å². The minimum absolute atomic E-state index is 0.138. The predicted molar refractivity (Wildman–Crippen MR) is 80.4 cm³/mol. The summed E-state index contributed by atoms with van der Waals surface area (Å²) in [5.41, 5.74) is 8.62. The van der Waals surface area contributed by atoms with E-state index in [0.29, 0.717) is 11.8 Å². The fourth-order valence-corrected chi connectivity index (χ4v) is 3.60. The molecular weight excluding hydrogens is 258 g/mol. The predicted octanol–water partition coefficient (Wildman–Crippen LogP) is 3.56. The second-order valence-corrected chi connectivity index (χ2v) is 6.61. The van der Waals surface area contributed by atoms with Crippen LogP contribution in [0, 0.1) is 18.8 Å². The van der Waals surface area contributed by atoms with Crippen LogP contribution in [0.4, 0.5) is 0 Å². The van der Waals surface area contributed by atoms with Crippen molar-refractivity contribution < 1.29 is 0 Å². The van der Waals surface area contributed by atoms with Crippen LogP contribution in [0.3, 0.4) is 0 Å². The molecule has 0 aromatic carbocycles. The van der Waals surface area contributed by atoms with E-state index < -0.39 is 0 Å². The Kier molecular flexibility index (Phi) is 4.26. The molecule has 2 rings (SSSR count). The zero-order valence-electron chi connectivity index (χ0n) is 12.5. The maximum absolute atomic E-state index is 6.73. The molecule has 0 radical (unpaired) electrons. The van der Waals surface area contributed by atoms with Gasteiger partial charge in [0.2, 0.25) is 0 Å². The Morgan fingerprint density at radius 3 is 2.79 bits per heavy atom. The fourth-order valence-electron chi connectivity index (χ4n) is 3.40. The van der Waals surface area contributed by atoms with Crippen LogP contribution < -0.4 is 5.73 Å². The molecule has 1 saturated carbocycles. The zero-order valence-corrected chi connectivity index (χ0v) is 13.3. The first-order chi connectivity index (χ1) is 8.89. The van der Waals surface area contributed by atoms with Gasteiger partial charge in [-0.1, -0.05) is 38.3 Å². The average Bonchev–Trinajstić information content (AvgIpc) is 2.64. The van der Waals surface area contributed by atoms with E-state index in [1.54, 1.807) is 0 Å². The highest BCUT2D eigenvalue weighted by Gasteiger charge is 2.39. The molecule has 0 bridgehead atoms. The molecule has 0 spiro atoms. The Morgan fingerprint density at radius 1 is 1.47 bits per heavy atom. The van der Waals surface area contributed by atoms with Crippen LogP contribution in [0.25, 0.3) is 0 Å². The molecule has 0 aliphatic heterocycles. The van der Waals surface area contributed by atoms with Gasteiger partial charge in [0, 0.05) is 18.5 Å². The van der Waals surface area contributed by atoms with Gasteiger partial charge in [-0.15, -0.1) is 0 Å². The lowest BCUT2D eigenvalue weighted by atomic mass is 9.67. The van der Waals surface area contributed by atoms with Gasteiger partial charge in [-0.3, -0.25) is 4.68 Å². The lowest BCUT2D eigenvalue weighted by Gasteiger charge is -2.43. The molecule has 1 aliphatic rings. The summed E-state index contributed by atoms with van der Waals surface area (Å²) in [6.45, 7) is 9.52. The van der Waals surface area contributed by atoms with Gasteiger partial charge in [0.05, 0.1) is 16.4 Å². The van der Waals surface area contributed by atoms with E-state index in [1.807, 2.05) is 11.6 Å². The van der Waals surface area contributed by atoms with Crippen LogP contribution in [0.1, 0.15) is 51.4 Å². The Hall–Kier alpha value is -0.540. The molecule has 1 heterocycles. The molecule has 1 fully saturated rings. The van der Waals surface area contributed by atoms with Crippen molar-refractivity contribution in [2.75, 3.05) is 0 Å². The third kappa shape index (κ3) is 2.68. The summed E-state index contributed by atoms with van der Waals surface area (Å²) in [5, 5.41) is 5.30. The maximum Gasteiger partial charge on any atom is 0.0847 e. The highest BCUT2D eigenvalue weighted by molar-refractivity contribution is 6.31. The molecule has 1 aromatic rings. The van der Waals surface area contributed by atoms with Crippen LogP contribution >= 0.6 is 11.6 Å². The molecule has 108 valence electrons. The van der Waals surface area contributed by atoms with E-state index >= 15 is 0 Å². The van der Waals surface area contributed by atoms with Gasteiger partial charge in [-0.05, 0) is 32.1 Å². The summed E-state index contributed by atoms with van der Waals surface area (Å²) in [6.07, 6.45) is 4.44. The normalized spacial score (nSPS) is 31.7. The molecule has 1 aromatic heterocycles. The molecule has 3 atom stereocenters. The summed E-state index contributed by atoms with van der Waals surface area (Å²) in [5.74, 6) is 1.22. The molecule has 4 heteroatoms. The van der Waals surface area contributed by atoms with E-state index in [9.17, 15) is 0 Å². The van der Waals surface area contributed by atoms with Crippen LogP contribution in [-0.4, -0.2) is 15.3 Å². The van der Waals surface area contributed by atoms with Crippen molar-refractivity contribution in [3.8, 4) is 0 Å². The third-order valence-corrected chi connectivity index (χ3v) is 5.50. The van der Waals surface area contributed by atoms with E-state index in [1.165, 1.54) is 12.8 Å². The van der Waals surface area contributed by atoms with Crippen LogP contribution in [0.5, 0.6) is 0 Å². The molecule has 3 nitrogen and oxygen atoms in total. The van der Waals surface area contributed by atoms with Crippen LogP contribution in [0.2, 0.25) is 5.02 Å². The number of rotatable bonds is 3. The molecule has 1 aliphatic carbocycles. The molecule has 3 unspecified atom stereocenters. The van der Waals surface area contributed by atoms with E-state index in [2.05, 4.69) is 25.9 Å². The quantitative estimate of drug-likeness (QED) is 0.922. The molecular formula is C15H26ClN3. The van der Waals surface area contributed by atoms with Gasteiger partial charge in [-0.2, -0.15) is 5.10 Å². The van der Waals surface area contributed by atoms with Crippen molar-refractivity contribution in [1.82, 2.24) is 9.78 Å². The average molecular weight is 284 g/mol. The summed E-state index contributed by atoms with van der Waals surface area (Å²) < 4.78 is 2.01. The first-order valence-corrected chi connectivity index (χ1v) is 7.77. The number of nitrogens with zero attached hydrogens (tertiary/aromatic N) is 2. The summed E-state index contributed by atoms with van der Waals surface area (Å²) in [4.78, 5) is 0. The van der Waals surface area contributed by atoms with E-state index in [0.717, 1.165) is 35.8 Å². The second kappa shape index (κ2) is 5.45.